The summed E-state index contributed by atoms with van der Waals surface area (Å²) in [5.74, 6) is -3.73. The standard InChI is InChI=1S/C38H57N5O8S/c1-21(2)19-27(40-32(44)24(7)39-37(49)51-38(8,9)10)33(45)41-28(20-25-14-16-26(17-15-25)29-13-12-18-52-29)34(46)42-30(22(3)4)35(47)43-31(23(5)6)36(48)50-11/h12-18,21-24,27-28,30-31H,19-20H2,1-11H3,(H,39,49)(H,40,44)(H,41,45)(H,42,46)(H,43,47)/t24-,27-,28-,30+,31-/m0/s1. The monoisotopic (exact) mass is 743 g/mol. The molecule has 2 rings (SSSR count). The van der Waals surface area contributed by atoms with Crippen LogP contribution in [0.4, 0.5) is 4.79 Å². The Balaban J connectivity index is 2.37. The maximum Gasteiger partial charge on any atom is 0.408 e. The van der Waals surface area contributed by atoms with Gasteiger partial charge in [0.15, 0.2) is 0 Å². The molecule has 1 aromatic heterocycles. The van der Waals surface area contributed by atoms with Gasteiger partial charge in [0.05, 0.1) is 7.11 Å². The molecule has 0 bridgehead atoms. The van der Waals surface area contributed by atoms with Gasteiger partial charge in [-0.05, 0) is 74.4 Å². The Bertz CT molecular complexity index is 1500. The fourth-order valence-corrected chi connectivity index (χ4v) is 5.90. The van der Waals surface area contributed by atoms with E-state index in [1.165, 1.54) is 14.0 Å². The molecule has 288 valence electrons. The SMILES string of the molecule is COC(=O)[C@@H](NC(=O)[C@H](NC(=O)[C@H](Cc1ccc(-c2cccs2)cc1)NC(=O)[C@H](CC(C)C)NC(=O)[C@H](C)NC(=O)OC(C)(C)C)C(C)C)C(C)C. The molecule has 0 spiro atoms. The summed E-state index contributed by atoms with van der Waals surface area (Å²) in [4.78, 5) is 80.3. The van der Waals surface area contributed by atoms with Crippen molar-refractivity contribution in [1.29, 1.82) is 0 Å². The van der Waals surface area contributed by atoms with Crippen molar-refractivity contribution in [3.63, 3.8) is 0 Å². The fraction of sp³-hybridized carbons (Fsp3) is 0.579. The molecule has 0 aliphatic rings. The number of thiophene rings is 1. The first kappa shape index (κ1) is 43.7. The summed E-state index contributed by atoms with van der Waals surface area (Å²) in [7, 11) is 1.24. The third-order valence-electron chi connectivity index (χ3n) is 7.97. The topological polar surface area (TPSA) is 181 Å². The molecule has 13 nitrogen and oxygen atoms in total. The molecule has 0 radical (unpaired) electrons. The molecule has 1 aromatic carbocycles. The predicted molar refractivity (Wildman–Crippen MR) is 201 cm³/mol. The first-order chi connectivity index (χ1) is 24.2. The van der Waals surface area contributed by atoms with Gasteiger partial charge in [-0.2, -0.15) is 0 Å². The van der Waals surface area contributed by atoms with Crippen LogP contribution < -0.4 is 26.6 Å². The van der Waals surface area contributed by atoms with Crippen LogP contribution in [0, 0.1) is 17.8 Å². The van der Waals surface area contributed by atoms with E-state index in [0.717, 1.165) is 16.0 Å². The van der Waals surface area contributed by atoms with E-state index in [9.17, 15) is 28.8 Å². The lowest BCUT2D eigenvalue weighted by Crippen LogP contribution is -2.60. The maximum absolute atomic E-state index is 14.0. The van der Waals surface area contributed by atoms with Gasteiger partial charge in [0, 0.05) is 11.3 Å². The summed E-state index contributed by atoms with van der Waals surface area (Å²) < 4.78 is 10.1. The lowest BCUT2D eigenvalue weighted by atomic mass is 9.98. The summed E-state index contributed by atoms with van der Waals surface area (Å²) in [5.41, 5.74) is 0.975. The lowest BCUT2D eigenvalue weighted by molar-refractivity contribution is -0.147. The number of ether oxygens (including phenoxy) is 2. The zero-order valence-corrected chi connectivity index (χ0v) is 33.1. The smallest absolute Gasteiger partial charge is 0.408 e. The van der Waals surface area contributed by atoms with Gasteiger partial charge in [0.25, 0.3) is 0 Å². The van der Waals surface area contributed by atoms with Crippen molar-refractivity contribution < 1.29 is 38.2 Å². The minimum Gasteiger partial charge on any atom is -0.467 e. The Kier molecular flexibility index (Phi) is 16.8. The Hall–Kier alpha value is -4.46. The van der Waals surface area contributed by atoms with Crippen LogP contribution in [0.3, 0.4) is 0 Å². The van der Waals surface area contributed by atoms with Crippen LogP contribution in [0.1, 0.15) is 81.2 Å². The summed E-state index contributed by atoms with van der Waals surface area (Å²) in [6.45, 7) is 17.4. The van der Waals surface area contributed by atoms with E-state index in [2.05, 4.69) is 26.6 Å². The number of hydrogen-bond donors (Lipinski definition) is 5. The van der Waals surface area contributed by atoms with Crippen LogP contribution in [0.25, 0.3) is 10.4 Å². The average Bonchev–Trinajstić information content (AvgIpc) is 3.59. The van der Waals surface area contributed by atoms with Crippen molar-refractivity contribution in [3.8, 4) is 10.4 Å². The van der Waals surface area contributed by atoms with Gasteiger partial charge in [-0.15, -0.1) is 11.3 Å². The van der Waals surface area contributed by atoms with Gasteiger partial charge in [0.2, 0.25) is 23.6 Å². The van der Waals surface area contributed by atoms with Gasteiger partial charge in [-0.1, -0.05) is 71.9 Å². The van der Waals surface area contributed by atoms with Crippen molar-refractivity contribution in [2.24, 2.45) is 17.8 Å². The van der Waals surface area contributed by atoms with E-state index >= 15 is 0 Å². The van der Waals surface area contributed by atoms with Crippen molar-refractivity contribution >= 4 is 47.0 Å². The number of methoxy groups -OCH3 is 1. The maximum atomic E-state index is 14.0. The molecule has 5 amide bonds. The summed E-state index contributed by atoms with van der Waals surface area (Å²) in [6.07, 6.45) is -0.469. The molecule has 1 heterocycles. The highest BCUT2D eigenvalue weighted by Gasteiger charge is 2.34. The molecule has 14 heteroatoms. The molecule has 0 fully saturated rings. The zero-order chi connectivity index (χ0) is 39.3. The summed E-state index contributed by atoms with van der Waals surface area (Å²) in [5, 5.41) is 15.5. The molecule has 0 unspecified atom stereocenters. The first-order valence-electron chi connectivity index (χ1n) is 17.6. The van der Waals surface area contributed by atoms with Crippen LogP contribution in [-0.4, -0.2) is 78.6 Å². The summed E-state index contributed by atoms with van der Waals surface area (Å²) in [6, 6.07) is 6.36. The minimum absolute atomic E-state index is 0.0278. The van der Waals surface area contributed by atoms with Gasteiger partial charge in [-0.3, -0.25) is 19.2 Å². The Morgan fingerprint density at radius 2 is 1.25 bits per heavy atom. The van der Waals surface area contributed by atoms with Gasteiger partial charge < -0.3 is 36.1 Å². The highest BCUT2D eigenvalue weighted by atomic mass is 32.1. The van der Waals surface area contributed by atoms with Gasteiger partial charge in [0.1, 0.15) is 35.8 Å². The molecule has 0 aliphatic carbocycles. The zero-order valence-electron chi connectivity index (χ0n) is 32.2. The number of rotatable bonds is 17. The minimum atomic E-state index is -1.15. The highest BCUT2D eigenvalue weighted by molar-refractivity contribution is 7.13. The van der Waals surface area contributed by atoms with Crippen LogP contribution >= 0.6 is 11.3 Å². The van der Waals surface area contributed by atoms with Crippen LogP contribution in [0.5, 0.6) is 0 Å². The van der Waals surface area contributed by atoms with E-state index in [1.807, 2.05) is 55.6 Å². The summed E-state index contributed by atoms with van der Waals surface area (Å²) >= 11 is 1.60. The number of nitrogens with one attached hydrogen (secondary N) is 5. The Morgan fingerprint density at radius 1 is 0.692 bits per heavy atom. The van der Waals surface area contributed by atoms with E-state index in [4.69, 9.17) is 9.47 Å². The van der Waals surface area contributed by atoms with E-state index < -0.39 is 71.5 Å². The fourth-order valence-electron chi connectivity index (χ4n) is 5.17. The average molecular weight is 744 g/mol. The molecular formula is C38H57N5O8S. The number of esters is 1. The van der Waals surface area contributed by atoms with Crippen molar-refractivity contribution in [3.05, 3.63) is 47.3 Å². The molecule has 0 saturated carbocycles. The number of benzene rings is 1. The molecule has 5 atom stereocenters. The second-order valence-corrected chi connectivity index (χ2v) is 15.9. The number of carbonyl (C=O) groups excluding carboxylic acids is 6. The van der Waals surface area contributed by atoms with Crippen LogP contribution in [0.15, 0.2) is 41.8 Å². The quantitative estimate of drug-likeness (QED) is 0.148. The second kappa shape index (κ2) is 20.0. The van der Waals surface area contributed by atoms with Crippen molar-refractivity contribution in [2.45, 2.75) is 118 Å². The van der Waals surface area contributed by atoms with Crippen LogP contribution in [-0.2, 0) is 39.9 Å². The molecule has 0 aliphatic heterocycles. The number of alkyl carbamates (subject to hydrolysis) is 1. The molecule has 2 aromatic rings. The normalized spacial score (nSPS) is 14.4. The second-order valence-electron chi connectivity index (χ2n) is 15.0. The molecule has 0 saturated heterocycles. The lowest BCUT2D eigenvalue weighted by Gasteiger charge is -2.29. The largest absolute Gasteiger partial charge is 0.467 e. The van der Waals surface area contributed by atoms with Gasteiger partial charge >= 0.3 is 12.1 Å². The number of carbonyl (C=O) groups is 6. The van der Waals surface area contributed by atoms with E-state index in [-0.39, 0.29) is 30.6 Å². The van der Waals surface area contributed by atoms with E-state index in [1.54, 1.807) is 59.8 Å². The van der Waals surface area contributed by atoms with Gasteiger partial charge in [-0.25, -0.2) is 9.59 Å². The van der Waals surface area contributed by atoms with E-state index in [0.29, 0.717) is 0 Å². The van der Waals surface area contributed by atoms with Crippen LogP contribution in [0.2, 0.25) is 0 Å². The molecule has 52 heavy (non-hydrogen) atoms. The number of hydrogen-bond acceptors (Lipinski definition) is 9. The third kappa shape index (κ3) is 14.3. The molecular weight excluding hydrogens is 687 g/mol. The Morgan fingerprint density at radius 3 is 1.75 bits per heavy atom. The van der Waals surface area contributed by atoms with Crippen molar-refractivity contribution in [1.82, 2.24) is 26.6 Å². The highest BCUT2D eigenvalue weighted by Crippen LogP contribution is 2.25. The number of amides is 5. The predicted octanol–water partition coefficient (Wildman–Crippen LogP) is 4.34. The third-order valence-corrected chi connectivity index (χ3v) is 8.88. The Labute approximate surface area is 311 Å². The van der Waals surface area contributed by atoms with Crippen molar-refractivity contribution in [2.75, 3.05) is 7.11 Å². The molecule has 5 N–H and O–H groups in total. The first-order valence-corrected chi connectivity index (χ1v) is 18.5.